The van der Waals surface area contributed by atoms with Crippen LogP contribution in [-0.2, 0) is 4.74 Å². The number of carbonyl (C=O) groups excluding carboxylic acids is 1. The predicted molar refractivity (Wildman–Crippen MR) is 134 cm³/mol. The van der Waals surface area contributed by atoms with Crippen LogP contribution in [0.1, 0.15) is 22.8 Å². The van der Waals surface area contributed by atoms with Crippen molar-refractivity contribution in [3.05, 3.63) is 83.9 Å². The summed E-state index contributed by atoms with van der Waals surface area (Å²) in [4.78, 5) is 17.3. The Morgan fingerprint density at radius 1 is 1.00 bits per heavy atom. The van der Waals surface area contributed by atoms with E-state index in [0.29, 0.717) is 42.6 Å². The Hall–Kier alpha value is -4.17. The van der Waals surface area contributed by atoms with Gasteiger partial charge in [0, 0.05) is 23.4 Å². The fraction of sp³-hybridized carbons (Fsp3) is 0.222. The van der Waals surface area contributed by atoms with Crippen molar-refractivity contribution in [2.45, 2.75) is 13.8 Å². The molecule has 0 atom stereocenters. The first kappa shape index (κ1) is 24.0. The van der Waals surface area contributed by atoms with Crippen LogP contribution in [0.4, 0.5) is 5.69 Å². The van der Waals surface area contributed by atoms with Crippen molar-refractivity contribution >= 4 is 11.6 Å². The first-order valence-corrected chi connectivity index (χ1v) is 11.4. The molecule has 0 radical (unpaired) electrons. The highest BCUT2D eigenvalue weighted by Crippen LogP contribution is 2.27. The molecule has 0 aliphatic carbocycles. The second-order valence-corrected chi connectivity index (χ2v) is 7.78. The highest BCUT2D eigenvalue weighted by molar-refractivity contribution is 6.04. The zero-order chi connectivity index (χ0) is 24.6. The number of aryl methyl sites for hydroxylation is 1. The quantitative estimate of drug-likeness (QED) is 0.330. The summed E-state index contributed by atoms with van der Waals surface area (Å²) in [5.41, 5.74) is 3.85. The zero-order valence-electron chi connectivity index (χ0n) is 20.0. The number of methoxy groups -OCH3 is 1. The topological polar surface area (TPSA) is 87.5 Å². The van der Waals surface area contributed by atoms with E-state index in [1.54, 1.807) is 23.9 Å². The molecule has 0 saturated heterocycles. The molecule has 1 amide bonds. The third-order valence-corrected chi connectivity index (χ3v) is 5.24. The number of ether oxygens (including phenoxy) is 3. The van der Waals surface area contributed by atoms with Crippen LogP contribution in [0, 0.1) is 6.92 Å². The monoisotopic (exact) mass is 472 g/mol. The summed E-state index contributed by atoms with van der Waals surface area (Å²) in [6.45, 7) is 5.31. The minimum Gasteiger partial charge on any atom is -0.497 e. The molecule has 3 aromatic carbocycles. The van der Waals surface area contributed by atoms with Gasteiger partial charge >= 0.3 is 6.01 Å². The number of hydrogen-bond acceptors (Lipinski definition) is 6. The van der Waals surface area contributed by atoms with Crippen LogP contribution in [0.25, 0.3) is 17.1 Å². The van der Waals surface area contributed by atoms with Gasteiger partial charge in [-0.15, -0.1) is 5.10 Å². The SMILES string of the molecule is CCOCCOc1nc(-c2cccc(OC)c2)n(-c2cccc(NC(=O)c3ccc(C)cc3)c2)n1. The van der Waals surface area contributed by atoms with E-state index >= 15 is 0 Å². The Bertz CT molecular complexity index is 1280. The van der Waals surface area contributed by atoms with Crippen molar-refractivity contribution in [1.29, 1.82) is 0 Å². The first-order valence-electron chi connectivity index (χ1n) is 11.4. The van der Waals surface area contributed by atoms with Gasteiger partial charge in [-0.1, -0.05) is 35.9 Å². The molecule has 0 saturated carbocycles. The number of nitrogens with zero attached hydrogens (tertiary/aromatic N) is 3. The zero-order valence-corrected chi connectivity index (χ0v) is 20.0. The summed E-state index contributed by atoms with van der Waals surface area (Å²) < 4.78 is 18.1. The molecule has 0 bridgehead atoms. The number of benzene rings is 3. The molecule has 1 aromatic heterocycles. The maximum Gasteiger partial charge on any atom is 0.336 e. The van der Waals surface area contributed by atoms with E-state index in [4.69, 9.17) is 14.2 Å². The highest BCUT2D eigenvalue weighted by atomic mass is 16.5. The van der Waals surface area contributed by atoms with Crippen LogP contribution in [0.15, 0.2) is 72.8 Å². The Balaban J connectivity index is 1.64. The summed E-state index contributed by atoms with van der Waals surface area (Å²) in [7, 11) is 1.62. The van der Waals surface area contributed by atoms with Gasteiger partial charge in [0.1, 0.15) is 12.4 Å². The van der Waals surface area contributed by atoms with Crippen molar-refractivity contribution < 1.29 is 19.0 Å². The molecule has 4 aromatic rings. The molecule has 0 spiro atoms. The molecule has 180 valence electrons. The predicted octanol–water partition coefficient (Wildman–Crippen LogP) is 4.92. The number of anilines is 1. The number of amides is 1. The molecule has 8 nitrogen and oxygen atoms in total. The summed E-state index contributed by atoms with van der Waals surface area (Å²) in [6.07, 6.45) is 0. The number of rotatable bonds is 10. The maximum absolute atomic E-state index is 12.7. The second kappa shape index (κ2) is 11.3. The Morgan fingerprint density at radius 2 is 1.80 bits per heavy atom. The molecule has 0 aliphatic heterocycles. The lowest BCUT2D eigenvalue weighted by Gasteiger charge is -2.10. The van der Waals surface area contributed by atoms with Gasteiger partial charge in [0.2, 0.25) is 0 Å². The van der Waals surface area contributed by atoms with Gasteiger partial charge in [0.25, 0.3) is 5.91 Å². The van der Waals surface area contributed by atoms with Crippen molar-refractivity contribution in [3.63, 3.8) is 0 Å². The number of carbonyl (C=O) groups is 1. The number of hydrogen-bond donors (Lipinski definition) is 1. The van der Waals surface area contributed by atoms with E-state index < -0.39 is 0 Å². The largest absolute Gasteiger partial charge is 0.497 e. The smallest absolute Gasteiger partial charge is 0.336 e. The van der Waals surface area contributed by atoms with E-state index in [1.165, 1.54) is 0 Å². The standard InChI is InChI=1S/C27H28N4O4/c1-4-34-15-16-35-27-29-25(21-7-5-10-24(17-21)33-3)31(30-27)23-9-6-8-22(18-23)28-26(32)20-13-11-19(2)12-14-20/h5-14,17-18H,4,15-16H2,1-3H3,(H,28,32). The minimum absolute atomic E-state index is 0.186. The summed E-state index contributed by atoms with van der Waals surface area (Å²) >= 11 is 0. The average Bonchev–Trinajstić information content (AvgIpc) is 3.31. The van der Waals surface area contributed by atoms with Crippen LogP contribution in [0.2, 0.25) is 0 Å². The molecule has 4 rings (SSSR count). The van der Waals surface area contributed by atoms with Crippen LogP contribution in [0.3, 0.4) is 0 Å². The summed E-state index contributed by atoms with van der Waals surface area (Å²) in [6, 6.07) is 22.6. The van der Waals surface area contributed by atoms with E-state index in [1.807, 2.05) is 74.5 Å². The van der Waals surface area contributed by atoms with Gasteiger partial charge in [-0.3, -0.25) is 4.79 Å². The maximum atomic E-state index is 12.7. The lowest BCUT2D eigenvalue weighted by molar-refractivity contribution is 0.102. The third-order valence-electron chi connectivity index (χ3n) is 5.24. The Labute approximate surface area is 204 Å². The lowest BCUT2D eigenvalue weighted by Crippen LogP contribution is -2.12. The molecule has 1 heterocycles. The molecule has 0 unspecified atom stereocenters. The fourth-order valence-corrected chi connectivity index (χ4v) is 3.44. The molecule has 1 N–H and O–H groups in total. The third kappa shape index (κ3) is 6.04. The van der Waals surface area contributed by atoms with Crippen molar-refractivity contribution in [2.75, 3.05) is 32.2 Å². The van der Waals surface area contributed by atoms with Crippen molar-refractivity contribution in [3.8, 4) is 28.8 Å². The van der Waals surface area contributed by atoms with E-state index in [2.05, 4.69) is 15.4 Å². The minimum atomic E-state index is -0.186. The first-order chi connectivity index (χ1) is 17.1. The second-order valence-electron chi connectivity index (χ2n) is 7.78. The summed E-state index contributed by atoms with van der Waals surface area (Å²) in [5, 5.41) is 7.52. The van der Waals surface area contributed by atoms with Crippen LogP contribution >= 0.6 is 0 Å². The van der Waals surface area contributed by atoms with Gasteiger partial charge in [0.05, 0.1) is 19.4 Å². The Morgan fingerprint density at radius 3 is 2.57 bits per heavy atom. The van der Waals surface area contributed by atoms with Crippen molar-refractivity contribution in [2.24, 2.45) is 0 Å². The van der Waals surface area contributed by atoms with Gasteiger partial charge in [-0.05, 0) is 56.3 Å². The van der Waals surface area contributed by atoms with Crippen molar-refractivity contribution in [1.82, 2.24) is 14.8 Å². The van der Waals surface area contributed by atoms with E-state index in [0.717, 1.165) is 16.8 Å². The Kier molecular flexibility index (Phi) is 7.74. The average molecular weight is 473 g/mol. The van der Waals surface area contributed by atoms with Gasteiger partial charge < -0.3 is 19.5 Å². The van der Waals surface area contributed by atoms with E-state index in [9.17, 15) is 4.79 Å². The van der Waals surface area contributed by atoms with Crippen LogP contribution in [0.5, 0.6) is 11.8 Å². The molecular weight excluding hydrogens is 444 g/mol. The molecular formula is C27H28N4O4. The van der Waals surface area contributed by atoms with Crippen LogP contribution in [-0.4, -0.2) is 47.6 Å². The molecule has 35 heavy (non-hydrogen) atoms. The normalized spacial score (nSPS) is 10.7. The summed E-state index contributed by atoms with van der Waals surface area (Å²) in [5.74, 6) is 1.10. The number of nitrogens with one attached hydrogen (secondary N) is 1. The number of aromatic nitrogens is 3. The van der Waals surface area contributed by atoms with Crippen LogP contribution < -0.4 is 14.8 Å². The molecule has 0 fully saturated rings. The fourth-order valence-electron chi connectivity index (χ4n) is 3.44. The highest BCUT2D eigenvalue weighted by Gasteiger charge is 2.16. The molecule has 0 aliphatic rings. The van der Waals surface area contributed by atoms with Gasteiger partial charge in [-0.2, -0.15) is 4.98 Å². The molecule has 8 heteroatoms. The van der Waals surface area contributed by atoms with Gasteiger partial charge in [0.15, 0.2) is 5.82 Å². The van der Waals surface area contributed by atoms with Gasteiger partial charge in [-0.25, -0.2) is 4.68 Å². The van der Waals surface area contributed by atoms with E-state index in [-0.39, 0.29) is 11.9 Å². The lowest BCUT2D eigenvalue weighted by atomic mass is 10.1.